The molecule has 1 aromatic carbocycles. The summed E-state index contributed by atoms with van der Waals surface area (Å²) in [7, 11) is -3.08. The summed E-state index contributed by atoms with van der Waals surface area (Å²) >= 11 is 0. The number of halogens is 1. The number of sulfone groups is 1. The van der Waals surface area contributed by atoms with Gasteiger partial charge < -0.3 is 9.88 Å². The van der Waals surface area contributed by atoms with Gasteiger partial charge in [0, 0.05) is 25.1 Å². The first-order valence-electron chi connectivity index (χ1n) is 6.75. The van der Waals surface area contributed by atoms with Crippen LogP contribution in [-0.2, 0) is 14.6 Å². The topological polar surface area (TPSA) is 68.2 Å². The van der Waals surface area contributed by atoms with Crippen molar-refractivity contribution in [1.29, 1.82) is 0 Å². The highest BCUT2D eigenvalue weighted by atomic mass is 32.2. The Morgan fingerprint density at radius 3 is 2.59 bits per heavy atom. The Kier molecular flexibility index (Phi) is 4.97. The van der Waals surface area contributed by atoms with Gasteiger partial charge in [-0.2, -0.15) is 0 Å². The monoisotopic (exact) mass is 324 g/mol. The smallest absolute Gasteiger partial charge is 0.224 e. The first-order valence-corrected chi connectivity index (χ1v) is 8.82. The van der Waals surface area contributed by atoms with Crippen LogP contribution in [0.4, 0.5) is 10.1 Å². The molecule has 0 saturated heterocycles. The molecular formula is C15H17FN2O3S. The van der Waals surface area contributed by atoms with Gasteiger partial charge in [0.2, 0.25) is 5.91 Å². The van der Waals surface area contributed by atoms with Gasteiger partial charge >= 0.3 is 0 Å². The number of amides is 1. The summed E-state index contributed by atoms with van der Waals surface area (Å²) in [6, 6.07) is 7.66. The normalized spacial score (nSPS) is 11.4. The van der Waals surface area contributed by atoms with Crippen molar-refractivity contribution in [3.63, 3.8) is 0 Å². The van der Waals surface area contributed by atoms with Crippen molar-refractivity contribution in [2.45, 2.75) is 12.8 Å². The molecule has 0 aliphatic heterocycles. The summed E-state index contributed by atoms with van der Waals surface area (Å²) in [5.41, 5.74) is 0.989. The van der Waals surface area contributed by atoms with Crippen LogP contribution in [0.2, 0.25) is 0 Å². The number of hydrogen-bond donors (Lipinski definition) is 1. The van der Waals surface area contributed by atoms with Gasteiger partial charge in [0.1, 0.15) is 15.7 Å². The first-order chi connectivity index (χ1) is 10.3. The Labute approximate surface area is 128 Å². The Hall–Kier alpha value is -2.15. The molecule has 0 bridgehead atoms. The molecule has 0 atom stereocenters. The van der Waals surface area contributed by atoms with Crippen molar-refractivity contribution in [3.8, 4) is 5.69 Å². The third-order valence-electron chi connectivity index (χ3n) is 3.04. The van der Waals surface area contributed by atoms with Crippen LogP contribution in [0.15, 0.2) is 42.7 Å². The Morgan fingerprint density at radius 2 is 1.95 bits per heavy atom. The fourth-order valence-corrected chi connectivity index (χ4v) is 2.70. The number of nitrogens with one attached hydrogen (secondary N) is 1. The zero-order valence-electron chi connectivity index (χ0n) is 12.1. The average molecular weight is 324 g/mol. The van der Waals surface area contributed by atoms with Gasteiger partial charge in [0.05, 0.1) is 17.1 Å². The molecule has 0 aliphatic rings. The SMILES string of the molecule is CS(=O)(=O)CCCC(=O)Nc1ccc(F)cc1-n1cccc1. The van der Waals surface area contributed by atoms with Gasteiger partial charge in [-0.1, -0.05) is 0 Å². The lowest BCUT2D eigenvalue weighted by atomic mass is 10.2. The molecule has 1 aromatic heterocycles. The maximum absolute atomic E-state index is 13.4. The molecule has 0 unspecified atom stereocenters. The standard InChI is InChI=1S/C15H17FN2O3S/c1-22(20,21)10-4-5-15(19)17-13-7-6-12(16)11-14(13)18-8-2-3-9-18/h2-3,6-9,11H,4-5,10H2,1H3,(H,17,19). The number of aromatic nitrogens is 1. The number of carbonyl (C=O) groups is 1. The van der Waals surface area contributed by atoms with Crippen molar-refractivity contribution in [3.05, 3.63) is 48.5 Å². The second-order valence-electron chi connectivity index (χ2n) is 5.03. The molecule has 0 radical (unpaired) electrons. The van der Waals surface area contributed by atoms with Gasteiger partial charge in [0.15, 0.2) is 0 Å². The van der Waals surface area contributed by atoms with E-state index in [2.05, 4.69) is 5.32 Å². The third-order valence-corrected chi connectivity index (χ3v) is 4.07. The summed E-state index contributed by atoms with van der Waals surface area (Å²) in [5, 5.41) is 2.69. The predicted octanol–water partition coefficient (Wildman–Crippen LogP) is 2.38. The number of benzene rings is 1. The maximum atomic E-state index is 13.4. The molecule has 1 heterocycles. The van der Waals surface area contributed by atoms with Crippen LogP contribution in [0.5, 0.6) is 0 Å². The van der Waals surface area contributed by atoms with Crippen LogP contribution in [-0.4, -0.2) is 30.9 Å². The van der Waals surface area contributed by atoms with E-state index in [9.17, 15) is 17.6 Å². The van der Waals surface area contributed by atoms with Crippen molar-refractivity contribution >= 4 is 21.4 Å². The molecule has 1 amide bonds. The third kappa shape index (κ3) is 4.70. The molecule has 1 N–H and O–H groups in total. The Balaban J connectivity index is 2.08. The minimum absolute atomic E-state index is 0.0334. The van der Waals surface area contributed by atoms with Gasteiger partial charge in [-0.15, -0.1) is 0 Å². The first kappa shape index (κ1) is 16.2. The van der Waals surface area contributed by atoms with E-state index in [-0.39, 0.29) is 24.5 Å². The molecule has 118 valence electrons. The lowest BCUT2D eigenvalue weighted by Crippen LogP contribution is -2.15. The fourth-order valence-electron chi connectivity index (χ4n) is 2.03. The van der Waals surface area contributed by atoms with Crippen molar-refractivity contribution in [1.82, 2.24) is 4.57 Å². The summed E-state index contributed by atoms with van der Waals surface area (Å²) in [4.78, 5) is 11.9. The van der Waals surface area contributed by atoms with Crippen LogP contribution in [0, 0.1) is 5.82 Å². The minimum Gasteiger partial charge on any atom is -0.324 e. The number of anilines is 1. The Morgan fingerprint density at radius 1 is 1.27 bits per heavy atom. The van der Waals surface area contributed by atoms with E-state index < -0.39 is 15.7 Å². The molecule has 2 aromatic rings. The van der Waals surface area contributed by atoms with E-state index in [1.807, 2.05) is 0 Å². The summed E-state index contributed by atoms with van der Waals surface area (Å²) in [5.74, 6) is -0.740. The van der Waals surface area contributed by atoms with Crippen LogP contribution in [0.1, 0.15) is 12.8 Å². The highest BCUT2D eigenvalue weighted by molar-refractivity contribution is 7.90. The molecule has 2 rings (SSSR count). The fraction of sp³-hybridized carbons (Fsp3) is 0.267. The quantitative estimate of drug-likeness (QED) is 0.887. The highest BCUT2D eigenvalue weighted by Gasteiger charge is 2.10. The molecule has 0 fully saturated rings. The number of hydrogen-bond acceptors (Lipinski definition) is 3. The van der Waals surface area contributed by atoms with Crippen molar-refractivity contribution < 1.29 is 17.6 Å². The molecule has 0 saturated carbocycles. The van der Waals surface area contributed by atoms with Crippen molar-refractivity contribution in [2.24, 2.45) is 0 Å². The van der Waals surface area contributed by atoms with Gasteiger partial charge in [-0.25, -0.2) is 12.8 Å². The summed E-state index contributed by atoms with van der Waals surface area (Å²) in [6.45, 7) is 0. The predicted molar refractivity (Wildman–Crippen MR) is 83.3 cm³/mol. The summed E-state index contributed by atoms with van der Waals surface area (Å²) in [6.07, 6.45) is 4.97. The zero-order chi connectivity index (χ0) is 16.2. The van der Waals surface area contributed by atoms with E-state index >= 15 is 0 Å². The van der Waals surface area contributed by atoms with Crippen molar-refractivity contribution in [2.75, 3.05) is 17.3 Å². The minimum atomic E-state index is -3.08. The number of rotatable bonds is 6. The largest absolute Gasteiger partial charge is 0.324 e. The van der Waals surface area contributed by atoms with E-state index in [1.165, 1.54) is 18.2 Å². The van der Waals surface area contributed by atoms with Gasteiger partial charge in [-0.3, -0.25) is 4.79 Å². The maximum Gasteiger partial charge on any atom is 0.224 e. The highest BCUT2D eigenvalue weighted by Crippen LogP contribution is 2.22. The zero-order valence-corrected chi connectivity index (χ0v) is 12.9. The van der Waals surface area contributed by atoms with Gasteiger partial charge in [-0.05, 0) is 36.8 Å². The molecule has 0 aliphatic carbocycles. The van der Waals surface area contributed by atoms with E-state index in [0.29, 0.717) is 11.4 Å². The summed E-state index contributed by atoms with van der Waals surface area (Å²) < 4.78 is 37.2. The van der Waals surface area contributed by atoms with E-state index in [1.54, 1.807) is 29.1 Å². The molecule has 5 nitrogen and oxygen atoms in total. The van der Waals surface area contributed by atoms with E-state index in [4.69, 9.17) is 0 Å². The molecule has 0 spiro atoms. The lowest BCUT2D eigenvalue weighted by Gasteiger charge is -2.12. The van der Waals surface area contributed by atoms with Crippen LogP contribution < -0.4 is 5.32 Å². The number of carbonyl (C=O) groups excluding carboxylic acids is 1. The van der Waals surface area contributed by atoms with Crippen LogP contribution >= 0.6 is 0 Å². The van der Waals surface area contributed by atoms with Crippen LogP contribution in [0.3, 0.4) is 0 Å². The Bertz CT molecular complexity index is 755. The number of nitrogens with zero attached hydrogens (tertiary/aromatic N) is 1. The molecular weight excluding hydrogens is 307 g/mol. The second-order valence-corrected chi connectivity index (χ2v) is 7.29. The van der Waals surface area contributed by atoms with Crippen LogP contribution in [0.25, 0.3) is 5.69 Å². The molecule has 7 heteroatoms. The average Bonchev–Trinajstić information content (AvgIpc) is 2.93. The van der Waals surface area contributed by atoms with E-state index in [0.717, 1.165) is 6.26 Å². The second kappa shape index (κ2) is 6.74. The lowest BCUT2D eigenvalue weighted by molar-refractivity contribution is -0.116. The van der Waals surface area contributed by atoms with Gasteiger partial charge in [0.25, 0.3) is 0 Å². The molecule has 22 heavy (non-hydrogen) atoms.